The van der Waals surface area contributed by atoms with Crippen molar-refractivity contribution in [3.63, 3.8) is 0 Å². The number of nitrogens with zero attached hydrogens (tertiary/aromatic N) is 2. The molecule has 278 valence electrons. The highest BCUT2D eigenvalue weighted by atomic mass is 32.2. The molecule has 13 nitrogen and oxygen atoms in total. The van der Waals surface area contributed by atoms with Gasteiger partial charge >= 0.3 is 6.09 Å². The van der Waals surface area contributed by atoms with Crippen LogP contribution in [-0.4, -0.2) is 89.9 Å². The van der Waals surface area contributed by atoms with E-state index in [9.17, 15) is 41.2 Å². The van der Waals surface area contributed by atoms with Crippen LogP contribution in [0.3, 0.4) is 0 Å². The normalized spacial score (nSPS) is 28.9. The van der Waals surface area contributed by atoms with Crippen LogP contribution in [0, 0.1) is 5.92 Å². The average molecular weight is 734 g/mol. The zero-order chi connectivity index (χ0) is 36.5. The maximum Gasteiger partial charge on any atom is 0.410 e. The molecule has 0 aromatic heterocycles. The standard InChI is InChI=1S/C35H45F2N5O8S/c1-2-23-17-35(23,33(46)40-51(48,49)25-13-14-25)39-31(44)28-15-24-19-42(28)32(45)27(16-29(36)37)38-30(43)12-7-5-3-4-6-9-21-10-8-11-22-18-41(20-26(21)22)34(47)50-24/h2,8,10-11,23-25,27-29H,1,3-7,9,12-20H2,(H,38,43)(H,39,44)(H,40,46)/t23-,24-,27+,28+,35-/m1/s1. The molecule has 5 aliphatic rings. The number of hydrogen-bond acceptors (Lipinski definition) is 8. The van der Waals surface area contributed by atoms with Crippen molar-refractivity contribution in [1.29, 1.82) is 0 Å². The lowest BCUT2D eigenvalue weighted by Crippen LogP contribution is -2.58. The summed E-state index contributed by atoms with van der Waals surface area (Å²) in [4.78, 5) is 70.2. The number of benzene rings is 1. The number of aryl methyl sites for hydroxylation is 1. The fraction of sp³-hybridized carbons (Fsp3) is 0.629. The minimum Gasteiger partial charge on any atom is -0.444 e. The van der Waals surface area contributed by atoms with Gasteiger partial charge in [-0.3, -0.25) is 28.8 Å². The van der Waals surface area contributed by atoms with Crippen LogP contribution in [0.2, 0.25) is 0 Å². The first kappa shape index (κ1) is 36.7. The molecule has 51 heavy (non-hydrogen) atoms. The van der Waals surface area contributed by atoms with E-state index in [2.05, 4.69) is 28.0 Å². The molecular formula is C35H45F2N5O8S. The number of carbonyl (C=O) groups is 5. The molecule has 2 aliphatic carbocycles. The molecule has 5 amide bonds. The van der Waals surface area contributed by atoms with Gasteiger partial charge in [-0.2, -0.15) is 0 Å². The van der Waals surface area contributed by atoms with Gasteiger partial charge in [-0.05, 0) is 55.2 Å². The zero-order valence-electron chi connectivity index (χ0n) is 28.4. The second-order valence-corrected chi connectivity index (χ2v) is 16.3. The fourth-order valence-electron chi connectivity index (χ4n) is 7.46. The largest absolute Gasteiger partial charge is 0.444 e. The monoisotopic (exact) mass is 733 g/mol. The summed E-state index contributed by atoms with van der Waals surface area (Å²) in [5.74, 6) is -3.94. The summed E-state index contributed by atoms with van der Waals surface area (Å²) in [6, 6.07) is 2.92. The molecule has 0 radical (unpaired) electrons. The summed E-state index contributed by atoms with van der Waals surface area (Å²) in [5, 5.41) is 4.36. The Balaban J connectivity index is 1.25. The molecule has 0 spiro atoms. The van der Waals surface area contributed by atoms with Crippen LogP contribution in [0.1, 0.15) is 87.3 Å². The highest BCUT2D eigenvalue weighted by Crippen LogP contribution is 2.45. The summed E-state index contributed by atoms with van der Waals surface area (Å²) in [7, 11) is -3.96. The van der Waals surface area contributed by atoms with Crippen molar-refractivity contribution in [2.24, 2.45) is 5.92 Å². The third kappa shape index (κ3) is 8.20. The summed E-state index contributed by atoms with van der Waals surface area (Å²) >= 11 is 0. The number of sulfonamides is 1. The topological polar surface area (TPSA) is 171 Å². The van der Waals surface area contributed by atoms with Gasteiger partial charge in [0.15, 0.2) is 0 Å². The maximum atomic E-state index is 14.0. The number of amides is 5. The Kier molecular flexibility index (Phi) is 10.7. The van der Waals surface area contributed by atoms with E-state index in [4.69, 9.17) is 4.74 Å². The average Bonchev–Trinajstić information content (AvgIpc) is 3.97. The van der Waals surface area contributed by atoms with E-state index in [1.165, 1.54) is 11.0 Å². The number of fused-ring (bicyclic) bond motifs is 3. The van der Waals surface area contributed by atoms with E-state index in [0.29, 0.717) is 32.4 Å². The fourth-order valence-corrected chi connectivity index (χ4v) is 8.83. The minimum atomic E-state index is -3.96. The summed E-state index contributed by atoms with van der Waals surface area (Å²) in [6.45, 7) is 4.00. The van der Waals surface area contributed by atoms with E-state index < -0.39 is 87.5 Å². The van der Waals surface area contributed by atoms with Gasteiger partial charge in [-0.1, -0.05) is 43.5 Å². The molecule has 1 aromatic rings. The van der Waals surface area contributed by atoms with Crippen molar-refractivity contribution in [2.75, 3.05) is 6.54 Å². The van der Waals surface area contributed by atoms with Crippen LogP contribution < -0.4 is 15.4 Å². The quantitative estimate of drug-likeness (QED) is 0.343. The van der Waals surface area contributed by atoms with Crippen molar-refractivity contribution in [2.45, 2.75) is 126 Å². The van der Waals surface area contributed by atoms with E-state index in [0.717, 1.165) is 53.7 Å². The number of nitrogens with one attached hydrogen (secondary N) is 3. The molecule has 5 atom stereocenters. The SMILES string of the molecule is C=C[C@@H]1C[C@]1(NC(=O)[C@@H]1C[C@@H]2CN1C(=O)[C@H](CC(F)F)NC(=O)CCCCCCCc1cccc3c1CN(C3)C(=O)O2)C(=O)NS(=O)(=O)C1CC1. The second-order valence-electron chi connectivity index (χ2n) is 14.4. The van der Waals surface area contributed by atoms with Crippen LogP contribution in [0.15, 0.2) is 30.9 Å². The van der Waals surface area contributed by atoms with Crippen molar-refractivity contribution >= 4 is 39.7 Å². The Morgan fingerprint density at radius 1 is 1.06 bits per heavy atom. The van der Waals surface area contributed by atoms with Gasteiger partial charge in [-0.25, -0.2) is 22.0 Å². The lowest BCUT2D eigenvalue weighted by Gasteiger charge is -2.29. The molecule has 3 fully saturated rings. The van der Waals surface area contributed by atoms with Gasteiger partial charge in [-0.15, -0.1) is 6.58 Å². The molecule has 0 unspecified atom stereocenters. The highest BCUT2D eigenvalue weighted by molar-refractivity contribution is 7.91. The van der Waals surface area contributed by atoms with Gasteiger partial charge in [0.25, 0.3) is 5.91 Å². The van der Waals surface area contributed by atoms with Crippen molar-refractivity contribution in [3.8, 4) is 0 Å². The number of rotatable bonds is 8. The van der Waals surface area contributed by atoms with Crippen LogP contribution in [0.4, 0.5) is 13.6 Å². The summed E-state index contributed by atoms with van der Waals surface area (Å²) in [5.41, 5.74) is 1.55. The smallest absolute Gasteiger partial charge is 0.410 e. The second kappa shape index (κ2) is 14.9. The van der Waals surface area contributed by atoms with Gasteiger partial charge < -0.3 is 20.3 Å². The number of alkyl halides is 2. The maximum absolute atomic E-state index is 14.0. The summed E-state index contributed by atoms with van der Waals surface area (Å²) in [6.07, 6.45) is 1.24. The van der Waals surface area contributed by atoms with Crippen molar-refractivity contribution in [1.82, 2.24) is 25.2 Å². The Hall–Kier alpha value is -4.08. The van der Waals surface area contributed by atoms with E-state index in [1.54, 1.807) is 0 Å². The van der Waals surface area contributed by atoms with E-state index >= 15 is 0 Å². The molecule has 2 saturated carbocycles. The lowest BCUT2D eigenvalue weighted by atomic mass is 9.98. The lowest BCUT2D eigenvalue weighted by molar-refractivity contribution is -0.143. The van der Waals surface area contributed by atoms with Crippen LogP contribution in [0.25, 0.3) is 0 Å². The summed E-state index contributed by atoms with van der Waals surface area (Å²) < 4.78 is 60.6. The first-order valence-corrected chi connectivity index (χ1v) is 19.3. The third-order valence-corrected chi connectivity index (χ3v) is 12.4. The Morgan fingerprint density at radius 3 is 2.45 bits per heavy atom. The number of ether oxygens (including phenoxy) is 1. The first-order chi connectivity index (χ1) is 24.3. The Labute approximate surface area is 295 Å². The van der Waals surface area contributed by atoms with Gasteiger partial charge in [0.2, 0.25) is 34.2 Å². The number of halogens is 2. The van der Waals surface area contributed by atoms with Gasteiger partial charge in [0.05, 0.1) is 11.8 Å². The Bertz CT molecular complexity index is 1690. The molecule has 6 rings (SSSR count). The number of carbonyl (C=O) groups excluding carboxylic acids is 5. The first-order valence-electron chi connectivity index (χ1n) is 17.7. The molecule has 3 heterocycles. The molecule has 16 heteroatoms. The van der Waals surface area contributed by atoms with E-state index in [1.807, 2.05) is 12.1 Å². The zero-order valence-corrected chi connectivity index (χ0v) is 29.2. The van der Waals surface area contributed by atoms with Crippen LogP contribution in [0.5, 0.6) is 0 Å². The molecule has 1 saturated heterocycles. The predicted molar refractivity (Wildman–Crippen MR) is 179 cm³/mol. The van der Waals surface area contributed by atoms with Crippen LogP contribution in [-0.2, 0) is 53.4 Å². The minimum absolute atomic E-state index is 0.0313. The molecule has 1 aromatic carbocycles. The van der Waals surface area contributed by atoms with Gasteiger partial charge in [0.1, 0.15) is 23.7 Å². The third-order valence-electron chi connectivity index (χ3n) is 10.6. The molecule has 3 aliphatic heterocycles. The predicted octanol–water partition coefficient (Wildman–Crippen LogP) is 2.81. The Morgan fingerprint density at radius 2 is 1.76 bits per heavy atom. The highest BCUT2D eigenvalue weighted by Gasteiger charge is 2.62. The van der Waals surface area contributed by atoms with Crippen molar-refractivity contribution in [3.05, 3.63) is 47.5 Å². The van der Waals surface area contributed by atoms with Crippen LogP contribution >= 0.6 is 0 Å². The number of hydrogen-bond donors (Lipinski definition) is 3. The van der Waals surface area contributed by atoms with Gasteiger partial charge in [0, 0.05) is 38.3 Å². The molecule has 4 bridgehead atoms. The van der Waals surface area contributed by atoms with Crippen molar-refractivity contribution < 1.29 is 45.9 Å². The van der Waals surface area contributed by atoms with E-state index in [-0.39, 0.29) is 25.8 Å². The molecule has 3 N–H and O–H groups in total. The molecular weight excluding hydrogens is 688 g/mol.